The zero-order chi connectivity index (χ0) is 12.3. The van der Waals surface area contributed by atoms with Gasteiger partial charge in [0, 0.05) is 12.2 Å². The van der Waals surface area contributed by atoms with E-state index in [-0.39, 0.29) is 16.9 Å². The molecule has 0 aromatic carbocycles. The quantitative estimate of drug-likeness (QED) is 0.733. The third-order valence-electron chi connectivity index (χ3n) is 2.63. The summed E-state index contributed by atoms with van der Waals surface area (Å²) in [6.45, 7) is 8.23. The smallest absolute Gasteiger partial charge is 0.261 e. The average molecular weight is 221 g/mol. The molecular weight excluding hydrogens is 202 g/mol. The maximum absolute atomic E-state index is 12.1. The van der Waals surface area contributed by atoms with Gasteiger partial charge in [0.1, 0.15) is 0 Å². The number of pyridine rings is 1. The molecule has 3 heteroatoms. The molecule has 0 atom stereocenters. The molecule has 0 aliphatic carbocycles. The van der Waals surface area contributed by atoms with Gasteiger partial charge in [-0.15, -0.1) is 0 Å². The summed E-state index contributed by atoms with van der Waals surface area (Å²) in [6.07, 6.45) is 0.890. The molecule has 1 heterocycles. The normalized spacial score (nSPS) is 10.8. The van der Waals surface area contributed by atoms with Crippen LogP contribution in [0.5, 0.6) is 0 Å². The van der Waals surface area contributed by atoms with Crippen molar-refractivity contribution >= 4 is 5.78 Å². The van der Waals surface area contributed by atoms with Crippen molar-refractivity contribution in [1.82, 2.24) is 4.57 Å². The van der Waals surface area contributed by atoms with E-state index in [1.165, 1.54) is 6.92 Å². The molecule has 0 spiro atoms. The van der Waals surface area contributed by atoms with E-state index < -0.39 is 0 Å². The van der Waals surface area contributed by atoms with Crippen LogP contribution in [0.2, 0.25) is 0 Å². The summed E-state index contributed by atoms with van der Waals surface area (Å²) in [5.74, 6) is 0.130. The standard InChI is InChI=1S/C13H19NO2/c1-5-8-14-12(9(2)3)7-6-11(10(4)15)13(14)16/h6-7,9H,5,8H2,1-4H3. The summed E-state index contributed by atoms with van der Waals surface area (Å²) < 4.78 is 1.72. The molecule has 1 aromatic rings. The van der Waals surface area contributed by atoms with E-state index >= 15 is 0 Å². The molecular formula is C13H19NO2. The fourth-order valence-electron chi connectivity index (χ4n) is 1.82. The second kappa shape index (κ2) is 5.10. The van der Waals surface area contributed by atoms with Crippen LogP contribution in [0.3, 0.4) is 0 Å². The van der Waals surface area contributed by atoms with Gasteiger partial charge in [-0.2, -0.15) is 0 Å². The van der Waals surface area contributed by atoms with Gasteiger partial charge in [0.15, 0.2) is 5.78 Å². The molecule has 1 aromatic heterocycles. The number of Topliss-reactive ketones (excluding diaryl/α,β-unsaturated/α-hetero) is 1. The molecule has 0 aliphatic heterocycles. The Hall–Kier alpha value is -1.38. The van der Waals surface area contributed by atoms with Crippen LogP contribution < -0.4 is 5.56 Å². The zero-order valence-corrected chi connectivity index (χ0v) is 10.4. The minimum Gasteiger partial charge on any atom is -0.312 e. The first-order valence-corrected chi connectivity index (χ1v) is 5.73. The highest BCUT2D eigenvalue weighted by Crippen LogP contribution is 2.13. The van der Waals surface area contributed by atoms with Crippen molar-refractivity contribution in [3.05, 3.63) is 33.7 Å². The first-order valence-electron chi connectivity index (χ1n) is 5.73. The number of hydrogen-bond acceptors (Lipinski definition) is 2. The highest BCUT2D eigenvalue weighted by Gasteiger charge is 2.12. The first kappa shape index (κ1) is 12.7. The van der Waals surface area contributed by atoms with E-state index in [1.807, 2.05) is 26.8 Å². The second-order valence-corrected chi connectivity index (χ2v) is 4.34. The molecule has 1 rings (SSSR count). The largest absolute Gasteiger partial charge is 0.312 e. The maximum Gasteiger partial charge on any atom is 0.261 e. The van der Waals surface area contributed by atoms with Gasteiger partial charge in [0.2, 0.25) is 0 Å². The Labute approximate surface area is 96.1 Å². The number of ketones is 1. The number of hydrogen-bond donors (Lipinski definition) is 0. The highest BCUT2D eigenvalue weighted by atomic mass is 16.1. The van der Waals surface area contributed by atoms with Gasteiger partial charge in [0.05, 0.1) is 5.56 Å². The van der Waals surface area contributed by atoms with Gasteiger partial charge in [-0.1, -0.05) is 20.8 Å². The summed E-state index contributed by atoms with van der Waals surface area (Å²) in [4.78, 5) is 23.4. The summed E-state index contributed by atoms with van der Waals surface area (Å²) in [6, 6.07) is 3.53. The van der Waals surface area contributed by atoms with E-state index in [0.29, 0.717) is 12.5 Å². The van der Waals surface area contributed by atoms with Crippen LogP contribution in [-0.2, 0) is 6.54 Å². The minimum atomic E-state index is -0.162. The lowest BCUT2D eigenvalue weighted by Gasteiger charge is -2.15. The molecule has 0 aliphatic rings. The Morgan fingerprint density at radius 3 is 2.44 bits per heavy atom. The van der Waals surface area contributed by atoms with Crippen molar-refractivity contribution in [2.75, 3.05) is 0 Å². The van der Waals surface area contributed by atoms with E-state index in [9.17, 15) is 9.59 Å². The van der Waals surface area contributed by atoms with Gasteiger partial charge >= 0.3 is 0 Å². The Balaban J connectivity index is 3.42. The highest BCUT2D eigenvalue weighted by molar-refractivity contribution is 5.93. The number of nitrogens with zero attached hydrogens (tertiary/aromatic N) is 1. The van der Waals surface area contributed by atoms with Gasteiger partial charge in [-0.25, -0.2) is 0 Å². The zero-order valence-electron chi connectivity index (χ0n) is 10.4. The second-order valence-electron chi connectivity index (χ2n) is 4.34. The molecule has 0 fully saturated rings. The number of rotatable bonds is 4. The van der Waals surface area contributed by atoms with Crippen molar-refractivity contribution in [3.8, 4) is 0 Å². The maximum atomic E-state index is 12.1. The average Bonchev–Trinajstić information content (AvgIpc) is 2.20. The minimum absolute atomic E-state index is 0.152. The van der Waals surface area contributed by atoms with Crippen molar-refractivity contribution in [3.63, 3.8) is 0 Å². The van der Waals surface area contributed by atoms with Crippen molar-refractivity contribution in [2.45, 2.75) is 46.6 Å². The molecule has 0 bridgehead atoms. The predicted octanol–water partition coefficient (Wildman–Crippen LogP) is 2.58. The molecule has 0 amide bonds. The monoisotopic (exact) mass is 221 g/mol. The van der Waals surface area contributed by atoms with Crippen LogP contribution in [0.1, 0.15) is 56.1 Å². The van der Waals surface area contributed by atoms with E-state index in [0.717, 1.165) is 12.1 Å². The Kier molecular flexibility index (Phi) is 4.05. The molecule has 3 nitrogen and oxygen atoms in total. The van der Waals surface area contributed by atoms with Crippen LogP contribution >= 0.6 is 0 Å². The molecule has 88 valence electrons. The van der Waals surface area contributed by atoms with Crippen molar-refractivity contribution in [1.29, 1.82) is 0 Å². The lowest BCUT2D eigenvalue weighted by atomic mass is 10.1. The summed E-state index contributed by atoms with van der Waals surface area (Å²) in [5, 5.41) is 0. The number of aromatic nitrogens is 1. The lowest BCUT2D eigenvalue weighted by molar-refractivity contribution is 0.101. The number of carbonyl (C=O) groups excluding carboxylic acids is 1. The fraction of sp³-hybridized carbons (Fsp3) is 0.538. The van der Waals surface area contributed by atoms with E-state index in [2.05, 4.69) is 0 Å². The first-order chi connectivity index (χ1) is 7.49. The Morgan fingerprint density at radius 2 is 2.00 bits per heavy atom. The number of carbonyl (C=O) groups is 1. The molecule has 0 saturated carbocycles. The van der Waals surface area contributed by atoms with E-state index in [1.54, 1.807) is 10.6 Å². The SMILES string of the molecule is CCCn1c(C(C)C)ccc(C(C)=O)c1=O. The van der Waals surface area contributed by atoms with Crippen LogP contribution in [0.4, 0.5) is 0 Å². The summed E-state index contributed by atoms with van der Waals surface area (Å²) in [5.41, 5.74) is 1.13. The molecule has 0 unspecified atom stereocenters. The van der Waals surface area contributed by atoms with Crippen LogP contribution in [0.25, 0.3) is 0 Å². The molecule has 0 radical (unpaired) electrons. The summed E-state index contributed by atoms with van der Waals surface area (Å²) in [7, 11) is 0. The van der Waals surface area contributed by atoms with E-state index in [4.69, 9.17) is 0 Å². The van der Waals surface area contributed by atoms with Crippen LogP contribution in [0.15, 0.2) is 16.9 Å². The lowest BCUT2D eigenvalue weighted by Crippen LogP contribution is -2.28. The third kappa shape index (κ3) is 2.40. The molecule has 0 N–H and O–H groups in total. The summed E-state index contributed by atoms with van der Waals surface area (Å²) >= 11 is 0. The van der Waals surface area contributed by atoms with Gasteiger partial charge in [-0.05, 0) is 31.4 Å². The van der Waals surface area contributed by atoms with Crippen molar-refractivity contribution in [2.24, 2.45) is 0 Å². The topological polar surface area (TPSA) is 39.1 Å². The van der Waals surface area contributed by atoms with Crippen molar-refractivity contribution < 1.29 is 4.79 Å². The van der Waals surface area contributed by atoms with Gasteiger partial charge < -0.3 is 4.57 Å². The van der Waals surface area contributed by atoms with Crippen LogP contribution in [-0.4, -0.2) is 10.4 Å². The predicted molar refractivity (Wildman–Crippen MR) is 65.1 cm³/mol. The molecule has 16 heavy (non-hydrogen) atoms. The van der Waals surface area contributed by atoms with Gasteiger partial charge in [0.25, 0.3) is 5.56 Å². The van der Waals surface area contributed by atoms with Gasteiger partial charge in [-0.3, -0.25) is 9.59 Å². The fourth-order valence-corrected chi connectivity index (χ4v) is 1.82. The Bertz CT molecular complexity index is 444. The third-order valence-corrected chi connectivity index (χ3v) is 2.63. The van der Waals surface area contributed by atoms with Crippen LogP contribution in [0, 0.1) is 0 Å². The Morgan fingerprint density at radius 1 is 1.38 bits per heavy atom. The molecule has 0 saturated heterocycles.